The van der Waals surface area contributed by atoms with Crippen molar-refractivity contribution in [2.24, 2.45) is 4.99 Å². The first-order chi connectivity index (χ1) is 19.9. The zero-order chi connectivity index (χ0) is 30.1. The highest BCUT2D eigenvalue weighted by Crippen LogP contribution is 2.33. The molecule has 0 aliphatic carbocycles. The van der Waals surface area contributed by atoms with Gasteiger partial charge in [-0.25, -0.2) is 9.67 Å². The van der Waals surface area contributed by atoms with Crippen molar-refractivity contribution in [3.05, 3.63) is 89.7 Å². The molecule has 1 fully saturated rings. The van der Waals surface area contributed by atoms with Crippen LogP contribution in [0, 0.1) is 13.8 Å². The van der Waals surface area contributed by atoms with Crippen molar-refractivity contribution >= 4 is 28.5 Å². The number of nitrogens with zero attached hydrogens (tertiary/aromatic N) is 5. The minimum Gasteiger partial charge on any atom is -0.406 e. The number of benzene rings is 3. The highest BCUT2D eigenvalue weighted by Gasteiger charge is 2.31. The molecule has 11 heteroatoms. The standard InChI is InChI=1S/C31H30F3N5O2S/c1-20-6-5-7-21(2)27(20)38-16-17-42-29(38)36-26(40)18-30(3,4)23-10-8-22(9-11-23)28-35-19-39(37-28)24-12-14-25(15-13-24)41-31(32,33)34/h5-15,19H,16-18H2,1-4H3. The molecule has 0 atom stereocenters. The summed E-state index contributed by atoms with van der Waals surface area (Å²) in [5, 5.41) is 5.20. The maximum Gasteiger partial charge on any atom is 0.573 e. The van der Waals surface area contributed by atoms with E-state index in [-0.39, 0.29) is 18.1 Å². The predicted molar refractivity (Wildman–Crippen MR) is 159 cm³/mol. The van der Waals surface area contributed by atoms with Gasteiger partial charge in [0, 0.05) is 30.0 Å². The van der Waals surface area contributed by atoms with Gasteiger partial charge in [0.15, 0.2) is 11.0 Å². The molecule has 4 aromatic rings. The number of rotatable bonds is 7. The number of hydrogen-bond acceptors (Lipinski definition) is 5. The Morgan fingerprint density at radius 3 is 2.31 bits per heavy atom. The Bertz CT molecular complexity index is 1590. The van der Waals surface area contributed by atoms with Gasteiger partial charge in [0.25, 0.3) is 0 Å². The largest absolute Gasteiger partial charge is 0.573 e. The lowest BCUT2D eigenvalue weighted by atomic mass is 9.81. The number of hydrogen-bond donors (Lipinski definition) is 0. The average molecular weight is 594 g/mol. The number of carbonyl (C=O) groups is 1. The van der Waals surface area contributed by atoms with Crippen LogP contribution in [0.3, 0.4) is 0 Å². The molecule has 1 saturated heterocycles. The van der Waals surface area contributed by atoms with Gasteiger partial charge in [-0.15, -0.1) is 18.3 Å². The number of halogens is 3. The Morgan fingerprint density at radius 1 is 1.00 bits per heavy atom. The molecule has 1 amide bonds. The topological polar surface area (TPSA) is 72.6 Å². The lowest BCUT2D eigenvalue weighted by Crippen LogP contribution is -2.27. The number of aliphatic imine (C=N–C) groups is 1. The highest BCUT2D eigenvalue weighted by atomic mass is 32.2. The molecule has 1 aliphatic rings. The van der Waals surface area contributed by atoms with Crippen LogP contribution in [0.5, 0.6) is 5.75 Å². The zero-order valence-corrected chi connectivity index (χ0v) is 24.5. The van der Waals surface area contributed by atoms with Crippen LogP contribution in [-0.2, 0) is 10.2 Å². The van der Waals surface area contributed by atoms with Crippen LogP contribution in [0.15, 0.2) is 78.0 Å². The quantitative estimate of drug-likeness (QED) is 0.225. The molecule has 0 spiro atoms. The smallest absolute Gasteiger partial charge is 0.406 e. The van der Waals surface area contributed by atoms with Crippen LogP contribution in [0.1, 0.15) is 37.0 Å². The van der Waals surface area contributed by atoms with E-state index in [9.17, 15) is 18.0 Å². The van der Waals surface area contributed by atoms with Crippen LogP contribution in [-0.4, -0.2) is 44.5 Å². The van der Waals surface area contributed by atoms with Crippen molar-refractivity contribution in [1.29, 1.82) is 0 Å². The van der Waals surface area contributed by atoms with Crippen LogP contribution in [0.25, 0.3) is 17.1 Å². The first kappa shape index (κ1) is 29.4. The number of amides is 1. The van der Waals surface area contributed by atoms with Crippen LogP contribution >= 0.6 is 11.8 Å². The predicted octanol–water partition coefficient (Wildman–Crippen LogP) is 7.25. The van der Waals surface area contributed by atoms with E-state index in [1.807, 2.05) is 44.2 Å². The van der Waals surface area contributed by atoms with Crippen molar-refractivity contribution < 1.29 is 22.7 Å². The van der Waals surface area contributed by atoms with Gasteiger partial charge in [-0.2, -0.15) is 4.99 Å². The molecule has 1 aromatic heterocycles. The van der Waals surface area contributed by atoms with E-state index >= 15 is 0 Å². The van der Waals surface area contributed by atoms with E-state index in [1.165, 1.54) is 35.3 Å². The van der Waals surface area contributed by atoms with Gasteiger partial charge >= 0.3 is 6.36 Å². The summed E-state index contributed by atoms with van der Waals surface area (Å²) in [4.78, 5) is 24.2. The van der Waals surface area contributed by atoms with Crippen molar-refractivity contribution in [3.8, 4) is 22.8 Å². The molecular weight excluding hydrogens is 563 g/mol. The van der Waals surface area contributed by atoms with Gasteiger partial charge < -0.3 is 9.64 Å². The Morgan fingerprint density at radius 2 is 1.67 bits per heavy atom. The molecule has 0 radical (unpaired) electrons. The third-order valence-electron chi connectivity index (χ3n) is 7.05. The lowest BCUT2D eigenvalue weighted by molar-refractivity contribution is -0.274. The average Bonchev–Trinajstić information content (AvgIpc) is 3.58. The molecule has 0 unspecified atom stereocenters. The third-order valence-corrected chi connectivity index (χ3v) is 8.01. The fourth-order valence-corrected chi connectivity index (χ4v) is 5.91. The Balaban J connectivity index is 1.26. The molecule has 1 aliphatic heterocycles. The van der Waals surface area contributed by atoms with E-state index in [4.69, 9.17) is 0 Å². The van der Waals surface area contributed by atoms with E-state index in [1.54, 1.807) is 11.8 Å². The molecule has 0 N–H and O–H groups in total. The summed E-state index contributed by atoms with van der Waals surface area (Å²) in [7, 11) is 0. The summed E-state index contributed by atoms with van der Waals surface area (Å²) < 4.78 is 42.7. The second-order valence-electron chi connectivity index (χ2n) is 10.7. The minimum atomic E-state index is -4.75. The third kappa shape index (κ3) is 6.67. The first-order valence-electron chi connectivity index (χ1n) is 13.4. The zero-order valence-electron chi connectivity index (χ0n) is 23.6. The second kappa shape index (κ2) is 11.6. The maximum absolute atomic E-state index is 13.1. The number of aryl methyl sites for hydroxylation is 2. The molecule has 42 heavy (non-hydrogen) atoms. The van der Waals surface area contributed by atoms with Gasteiger partial charge in [-0.3, -0.25) is 4.79 Å². The van der Waals surface area contributed by atoms with Gasteiger partial charge in [-0.1, -0.05) is 68.1 Å². The first-order valence-corrected chi connectivity index (χ1v) is 14.3. The number of thioether (sulfide) groups is 1. The molecule has 218 valence electrons. The number of amidine groups is 1. The number of aromatic nitrogens is 3. The highest BCUT2D eigenvalue weighted by molar-refractivity contribution is 8.14. The monoisotopic (exact) mass is 593 g/mol. The molecule has 0 saturated carbocycles. The Labute approximate surface area is 246 Å². The van der Waals surface area contributed by atoms with E-state index < -0.39 is 11.8 Å². The number of ether oxygens (including phenoxy) is 1. The Kier molecular flexibility index (Phi) is 8.14. The summed E-state index contributed by atoms with van der Waals surface area (Å²) in [6.07, 6.45) is -3.01. The molecule has 5 rings (SSSR count). The van der Waals surface area contributed by atoms with Crippen LogP contribution in [0.2, 0.25) is 0 Å². The summed E-state index contributed by atoms with van der Waals surface area (Å²) in [5.41, 5.74) is 5.26. The van der Waals surface area contributed by atoms with Crippen molar-refractivity contribution in [3.63, 3.8) is 0 Å². The summed E-state index contributed by atoms with van der Waals surface area (Å²) in [6.45, 7) is 9.00. The normalized spacial score (nSPS) is 14.9. The second-order valence-corrected chi connectivity index (χ2v) is 11.8. The fraction of sp³-hybridized carbons (Fsp3) is 0.290. The van der Waals surface area contributed by atoms with Crippen molar-refractivity contribution in [2.75, 3.05) is 17.2 Å². The Hall–Kier alpha value is -4.12. The minimum absolute atomic E-state index is 0.170. The number of alkyl halides is 3. The van der Waals surface area contributed by atoms with Gasteiger partial charge in [0.05, 0.1) is 5.69 Å². The molecule has 2 heterocycles. The van der Waals surface area contributed by atoms with Crippen molar-refractivity contribution in [1.82, 2.24) is 14.8 Å². The molecule has 7 nitrogen and oxygen atoms in total. The summed E-state index contributed by atoms with van der Waals surface area (Å²) >= 11 is 1.60. The fourth-order valence-electron chi connectivity index (χ4n) is 4.95. The van der Waals surface area contributed by atoms with Crippen LogP contribution < -0.4 is 9.64 Å². The van der Waals surface area contributed by atoms with E-state index in [2.05, 4.69) is 50.7 Å². The summed E-state index contributed by atoms with van der Waals surface area (Å²) in [6, 6.07) is 19.3. The van der Waals surface area contributed by atoms with Gasteiger partial charge in [0.1, 0.15) is 12.1 Å². The van der Waals surface area contributed by atoms with Gasteiger partial charge in [0.2, 0.25) is 5.91 Å². The van der Waals surface area contributed by atoms with Gasteiger partial charge in [-0.05, 0) is 60.2 Å². The number of carbonyl (C=O) groups excluding carboxylic acids is 1. The molecular formula is C31H30F3N5O2S. The van der Waals surface area contributed by atoms with Crippen LogP contribution in [0.4, 0.5) is 18.9 Å². The SMILES string of the molecule is Cc1cccc(C)c1N1CCSC1=NC(=O)CC(C)(C)c1ccc(-c2ncn(-c3ccc(OC(F)(F)F)cc3)n2)cc1. The molecule has 0 bridgehead atoms. The molecule has 3 aromatic carbocycles. The maximum atomic E-state index is 13.1. The summed E-state index contributed by atoms with van der Waals surface area (Å²) in [5.74, 6) is 0.862. The lowest BCUT2D eigenvalue weighted by Gasteiger charge is -2.25. The van der Waals surface area contributed by atoms with Crippen molar-refractivity contribution in [2.45, 2.75) is 45.9 Å². The number of anilines is 1. The number of para-hydroxylation sites is 1. The van der Waals surface area contributed by atoms with E-state index in [0.29, 0.717) is 11.5 Å². The van der Waals surface area contributed by atoms with E-state index in [0.717, 1.165) is 45.4 Å².